The molecule has 2 aromatic carbocycles. The number of aromatic hydroxyl groups is 1. The Kier molecular flexibility index (Phi) is 6.81. The number of ether oxygens (including phenoxy) is 1. The standard InChI is InChI=1S/C22H27N3O4S/c26-18-5-4-17(21-20(18)24-22(28)30-21)19(27)13-23-7-6-15-2-1-3-16(12-15)14-25-8-10-29-11-9-25/h1-5,12,19,23,26-27H,6-11,13-14H2,(H,24,28). The van der Waals surface area contributed by atoms with Gasteiger partial charge in [-0.3, -0.25) is 9.69 Å². The molecule has 30 heavy (non-hydrogen) atoms. The summed E-state index contributed by atoms with van der Waals surface area (Å²) in [6, 6.07) is 11.8. The summed E-state index contributed by atoms with van der Waals surface area (Å²) in [6.45, 7) is 5.62. The molecular weight excluding hydrogens is 402 g/mol. The van der Waals surface area contributed by atoms with Gasteiger partial charge in [-0.25, -0.2) is 0 Å². The molecule has 1 aliphatic heterocycles. The lowest BCUT2D eigenvalue weighted by molar-refractivity contribution is 0.0342. The van der Waals surface area contributed by atoms with E-state index in [0.29, 0.717) is 22.3 Å². The average molecular weight is 430 g/mol. The van der Waals surface area contributed by atoms with Gasteiger partial charge in [0.2, 0.25) is 0 Å². The highest BCUT2D eigenvalue weighted by Gasteiger charge is 2.16. The summed E-state index contributed by atoms with van der Waals surface area (Å²) in [5, 5.41) is 23.8. The number of thiazole rings is 1. The Balaban J connectivity index is 1.29. The van der Waals surface area contributed by atoms with E-state index in [2.05, 4.69) is 39.5 Å². The number of nitrogens with zero attached hydrogens (tertiary/aromatic N) is 1. The predicted molar refractivity (Wildman–Crippen MR) is 118 cm³/mol. The first kappa shape index (κ1) is 21.0. The molecule has 1 saturated heterocycles. The number of phenolic OH excluding ortho intramolecular Hbond substituents is 1. The summed E-state index contributed by atoms with van der Waals surface area (Å²) < 4.78 is 6.01. The van der Waals surface area contributed by atoms with Gasteiger partial charge in [0.25, 0.3) is 0 Å². The smallest absolute Gasteiger partial charge is 0.305 e. The molecule has 3 aromatic rings. The van der Waals surface area contributed by atoms with Gasteiger partial charge in [0, 0.05) is 31.7 Å². The monoisotopic (exact) mass is 429 g/mol. The van der Waals surface area contributed by atoms with Crippen LogP contribution >= 0.6 is 11.3 Å². The highest BCUT2D eigenvalue weighted by atomic mass is 32.1. The van der Waals surface area contributed by atoms with Gasteiger partial charge in [-0.1, -0.05) is 41.7 Å². The quantitative estimate of drug-likeness (QED) is 0.409. The molecule has 7 nitrogen and oxygen atoms in total. The Labute approximate surface area is 178 Å². The van der Waals surface area contributed by atoms with Crippen LogP contribution < -0.4 is 10.2 Å². The van der Waals surface area contributed by atoms with Gasteiger partial charge < -0.3 is 25.3 Å². The number of phenols is 1. The molecule has 1 aliphatic rings. The zero-order valence-electron chi connectivity index (χ0n) is 16.8. The van der Waals surface area contributed by atoms with Gasteiger partial charge in [0.05, 0.1) is 24.0 Å². The molecule has 0 bridgehead atoms. The van der Waals surface area contributed by atoms with Crippen molar-refractivity contribution in [3.05, 3.63) is 62.8 Å². The first-order chi connectivity index (χ1) is 14.6. The fourth-order valence-electron chi connectivity index (χ4n) is 3.78. The third-order valence-electron chi connectivity index (χ3n) is 5.38. The molecule has 4 N–H and O–H groups in total. The predicted octanol–water partition coefficient (Wildman–Crippen LogP) is 1.99. The van der Waals surface area contributed by atoms with Crippen molar-refractivity contribution >= 4 is 21.6 Å². The number of hydrogen-bond donors (Lipinski definition) is 4. The molecule has 160 valence electrons. The third-order valence-corrected chi connectivity index (χ3v) is 6.31. The summed E-state index contributed by atoms with van der Waals surface area (Å²) in [5.74, 6) is 0.0178. The Bertz CT molecular complexity index is 1040. The van der Waals surface area contributed by atoms with Crippen LogP contribution in [0.25, 0.3) is 10.2 Å². The molecule has 0 amide bonds. The maximum Gasteiger partial charge on any atom is 0.305 e. The molecule has 4 rings (SSSR count). The number of H-pyrrole nitrogens is 1. The van der Waals surface area contributed by atoms with Crippen LogP contribution in [0.5, 0.6) is 5.75 Å². The van der Waals surface area contributed by atoms with Crippen LogP contribution in [-0.2, 0) is 17.7 Å². The number of benzene rings is 2. The van der Waals surface area contributed by atoms with Crippen LogP contribution in [0.1, 0.15) is 22.8 Å². The molecule has 0 radical (unpaired) electrons. The van der Waals surface area contributed by atoms with Gasteiger partial charge in [0.1, 0.15) is 11.3 Å². The van der Waals surface area contributed by atoms with E-state index < -0.39 is 6.10 Å². The number of nitrogens with one attached hydrogen (secondary N) is 2. The molecule has 1 fully saturated rings. The summed E-state index contributed by atoms with van der Waals surface area (Å²) in [4.78, 5) is 16.4. The van der Waals surface area contributed by atoms with Gasteiger partial charge in [-0.05, 0) is 30.2 Å². The average Bonchev–Trinajstić information content (AvgIpc) is 3.15. The molecular formula is C22H27N3O4S. The lowest BCUT2D eigenvalue weighted by atomic mass is 10.1. The van der Waals surface area contributed by atoms with E-state index in [4.69, 9.17) is 4.74 Å². The van der Waals surface area contributed by atoms with E-state index in [9.17, 15) is 15.0 Å². The Morgan fingerprint density at radius 1 is 1.20 bits per heavy atom. The van der Waals surface area contributed by atoms with E-state index in [1.54, 1.807) is 6.07 Å². The second kappa shape index (κ2) is 9.72. The molecule has 1 aromatic heterocycles. The van der Waals surface area contributed by atoms with Crippen molar-refractivity contribution < 1.29 is 14.9 Å². The van der Waals surface area contributed by atoms with E-state index in [1.165, 1.54) is 17.2 Å². The highest BCUT2D eigenvalue weighted by molar-refractivity contribution is 7.16. The topological polar surface area (TPSA) is 97.8 Å². The van der Waals surface area contributed by atoms with Crippen LogP contribution in [0.15, 0.2) is 41.2 Å². The van der Waals surface area contributed by atoms with Crippen LogP contribution in [0.2, 0.25) is 0 Å². The zero-order valence-corrected chi connectivity index (χ0v) is 17.6. The zero-order chi connectivity index (χ0) is 20.9. The second-order valence-corrected chi connectivity index (χ2v) is 8.55. The molecule has 1 unspecified atom stereocenters. The minimum atomic E-state index is -0.757. The maximum atomic E-state index is 11.6. The summed E-state index contributed by atoms with van der Waals surface area (Å²) in [5.41, 5.74) is 3.60. The van der Waals surface area contributed by atoms with Gasteiger partial charge in [-0.2, -0.15) is 0 Å². The number of aliphatic hydroxyl groups excluding tert-OH is 1. The van der Waals surface area contributed by atoms with Crippen LogP contribution in [0, 0.1) is 0 Å². The van der Waals surface area contributed by atoms with E-state index in [0.717, 1.165) is 57.2 Å². The Hall–Kier alpha value is -2.23. The van der Waals surface area contributed by atoms with E-state index in [1.807, 2.05) is 0 Å². The first-order valence-electron chi connectivity index (χ1n) is 10.2. The van der Waals surface area contributed by atoms with Crippen molar-refractivity contribution in [2.24, 2.45) is 0 Å². The van der Waals surface area contributed by atoms with Crippen molar-refractivity contribution in [2.45, 2.75) is 19.1 Å². The minimum Gasteiger partial charge on any atom is -0.506 e. The second-order valence-electron chi connectivity index (χ2n) is 7.57. The van der Waals surface area contributed by atoms with Crippen molar-refractivity contribution in [1.82, 2.24) is 15.2 Å². The van der Waals surface area contributed by atoms with Crippen molar-refractivity contribution in [3.8, 4) is 5.75 Å². The summed E-state index contributed by atoms with van der Waals surface area (Å²) in [7, 11) is 0. The number of aliphatic hydroxyl groups is 1. The first-order valence-corrected chi connectivity index (χ1v) is 11.0. The largest absolute Gasteiger partial charge is 0.506 e. The Morgan fingerprint density at radius 2 is 2.00 bits per heavy atom. The Morgan fingerprint density at radius 3 is 2.83 bits per heavy atom. The molecule has 0 spiro atoms. The number of rotatable bonds is 8. The number of morpholine rings is 1. The highest BCUT2D eigenvalue weighted by Crippen LogP contribution is 2.31. The fraction of sp³-hybridized carbons (Fsp3) is 0.409. The summed E-state index contributed by atoms with van der Waals surface area (Å²) >= 11 is 1.00. The molecule has 0 aliphatic carbocycles. The van der Waals surface area contributed by atoms with Gasteiger partial charge in [0.15, 0.2) is 0 Å². The number of aromatic nitrogens is 1. The van der Waals surface area contributed by atoms with Crippen molar-refractivity contribution in [2.75, 3.05) is 39.4 Å². The third kappa shape index (κ3) is 5.08. The molecule has 1 atom stereocenters. The molecule has 0 saturated carbocycles. The van der Waals surface area contributed by atoms with Crippen LogP contribution in [0.3, 0.4) is 0 Å². The molecule has 2 heterocycles. The van der Waals surface area contributed by atoms with Crippen molar-refractivity contribution in [3.63, 3.8) is 0 Å². The fourth-order valence-corrected chi connectivity index (χ4v) is 4.70. The van der Waals surface area contributed by atoms with Crippen LogP contribution in [0.4, 0.5) is 0 Å². The number of fused-ring (bicyclic) bond motifs is 1. The maximum absolute atomic E-state index is 11.6. The lowest BCUT2D eigenvalue weighted by Gasteiger charge is -2.26. The number of aromatic amines is 1. The summed E-state index contributed by atoms with van der Waals surface area (Å²) in [6.07, 6.45) is 0.110. The van der Waals surface area contributed by atoms with Crippen molar-refractivity contribution in [1.29, 1.82) is 0 Å². The van der Waals surface area contributed by atoms with E-state index >= 15 is 0 Å². The molecule has 8 heteroatoms. The van der Waals surface area contributed by atoms with Gasteiger partial charge >= 0.3 is 4.87 Å². The van der Waals surface area contributed by atoms with Gasteiger partial charge in [-0.15, -0.1) is 0 Å². The lowest BCUT2D eigenvalue weighted by Crippen LogP contribution is -2.35. The van der Waals surface area contributed by atoms with Crippen LogP contribution in [-0.4, -0.2) is 59.5 Å². The number of hydrogen-bond acceptors (Lipinski definition) is 7. The SMILES string of the molecule is O=c1[nH]c2c(O)ccc(C(O)CNCCc3cccc(CN4CCOCC4)c3)c2s1. The normalized spacial score (nSPS) is 16.2. The van der Waals surface area contributed by atoms with E-state index in [-0.39, 0.29) is 10.6 Å². The minimum absolute atomic E-state index is 0.0178.